The van der Waals surface area contributed by atoms with Crippen LogP contribution >= 0.6 is 15.9 Å². The van der Waals surface area contributed by atoms with Gasteiger partial charge in [0.1, 0.15) is 11.8 Å². The molecule has 0 aliphatic rings. The smallest absolute Gasteiger partial charge is 0.184 e. The van der Waals surface area contributed by atoms with E-state index >= 15 is 0 Å². The lowest BCUT2D eigenvalue weighted by atomic mass is 10.1. The van der Waals surface area contributed by atoms with Gasteiger partial charge in [0.2, 0.25) is 0 Å². The Morgan fingerprint density at radius 2 is 2.17 bits per heavy atom. The van der Waals surface area contributed by atoms with Gasteiger partial charge < -0.3 is 10.1 Å². The van der Waals surface area contributed by atoms with Gasteiger partial charge in [-0.1, -0.05) is 29.8 Å². The van der Waals surface area contributed by atoms with Crippen molar-refractivity contribution in [2.75, 3.05) is 6.54 Å². The molecule has 0 aromatic heterocycles. The molecular weight excluding hydrogens is 292 g/mol. The minimum Gasteiger partial charge on any atom is -0.475 e. The minimum absolute atomic E-state index is 0.384. The monoisotopic (exact) mass is 310 g/mol. The highest BCUT2D eigenvalue weighted by Crippen LogP contribution is 2.29. The second kappa shape index (κ2) is 7.40. The fraction of sp³-hybridized carbons (Fsp3) is 0.500. The van der Waals surface area contributed by atoms with Crippen LogP contribution < -0.4 is 10.1 Å². The molecule has 0 saturated heterocycles. The van der Waals surface area contributed by atoms with Crippen molar-refractivity contribution >= 4 is 15.9 Å². The highest BCUT2D eigenvalue weighted by Gasteiger charge is 2.13. The van der Waals surface area contributed by atoms with Crippen molar-refractivity contribution < 1.29 is 4.74 Å². The van der Waals surface area contributed by atoms with Gasteiger partial charge in [0.15, 0.2) is 6.10 Å². The van der Waals surface area contributed by atoms with Crippen LogP contribution in [0.3, 0.4) is 0 Å². The van der Waals surface area contributed by atoms with Gasteiger partial charge in [0, 0.05) is 16.6 Å². The summed E-state index contributed by atoms with van der Waals surface area (Å²) in [6.07, 6.45) is 0.303. The van der Waals surface area contributed by atoms with Crippen molar-refractivity contribution in [2.45, 2.75) is 39.8 Å². The normalized spacial score (nSPS) is 11.9. The molecule has 1 rings (SSSR count). The molecule has 0 amide bonds. The van der Waals surface area contributed by atoms with Crippen molar-refractivity contribution in [3.05, 3.63) is 27.7 Å². The number of halogens is 1. The number of aryl methyl sites for hydroxylation is 1. The number of nitrogens with zero attached hydrogens (tertiary/aromatic N) is 1. The van der Waals surface area contributed by atoms with Crippen molar-refractivity contribution in [1.82, 2.24) is 5.32 Å². The molecule has 1 unspecified atom stereocenters. The number of hydrogen-bond acceptors (Lipinski definition) is 3. The van der Waals surface area contributed by atoms with E-state index in [0.717, 1.165) is 34.4 Å². The summed E-state index contributed by atoms with van der Waals surface area (Å²) in [6.45, 7) is 7.66. The van der Waals surface area contributed by atoms with Gasteiger partial charge in [-0.2, -0.15) is 5.26 Å². The molecule has 1 N–H and O–H groups in total. The van der Waals surface area contributed by atoms with Crippen LogP contribution in [0.1, 0.15) is 31.4 Å². The van der Waals surface area contributed by atoms with Crippen LogP contribution in [0, 0.1) is 18.3 Å². The predicted octanol–water partition coefficient (Wildman–Crippen LogP) is 3.55. The molecule has 0 aliphatic heterocycles. The highest BCUT2D eigenvalue weighted by molar-refractivity contribution is 9.10. The van der Waals surface area contributed by atoms with Crippen molar-refractivity contribution in [3.63, 3.8) is 0 Å². The van der Waals surface area contributed by atoms with E-state index in [4.69, 9.17) is 10.00 Å². The first-order valence-corrected chi connectivity index (χ1v) is 6.97. The van der Waals surface area contributed by atoms with Gasteiger partial charge >= 0.3 is 0 Å². The zero-order valence-electron chi connectivity index (χ0n) is 11.1. The molecule has 1 atom stereocenters. The fourth-order valence-corrected chi connectivity index (χ4v) is 2.32. The van der Waals surface area contributed by atoms with Gasteiger partial charge in [-0.25, -0.2) is 0 Å². The summed E-state index contributed by atoms with van der Waals surface area (Å²) in [7, 11) is 0. The maximum atomic E-state index is 9.00. The first kappa shape index (κ1) is 15.0. The molecule has 1 aromatic carbocycles. The third kappa shape index (κ3) is 4.01. The average Bonchev–Trinajstić information content (AvgIpc) is 2.35. The molecule has 0 spiro atoms. The lowest BCUT2D eigenvalue weighted by Gasteiger charge is -2.17. The summed E-state index contributed by atoms with van der Waals surface area (Å²) < 4.78 is 6.84. The Labute approximate surface area is 117 Å². The molecule has 0 saturated carbocycles. The Kier molecular flexibility index (Phi) is 6.17. The summed E-state index contributed by atoms with van der Waals surface area (Å²) in [4.78, 5) is 0. The average molecular weight is 311 g/mol. The van der Waals surface area contributed by atoms with Crippen LogP contribution in [0.4, 0.5) is 0 Å². The van der Waals surface area contributed by atoms with Crippen LogP contribution in [-0.2, 0) is 6.54 Å². The molecule has 18 heavy (non-hydrogen) atoms. The Morgan fingerprint density at radius 1 is 1.44 bits per heavy atom. The quantitative estimate of drug-likeness (QED) is 0.874. The first-order chi connectivity index (χ1) is 8.62. The van der Waals surface area contributed by atoms with E-state index in [0.29, 0.717) is 6.42 Å². The summed E-state index contributed by atoms with van der Waals surface area (Å²) in [5.41, 5.74) is 2.13. The number of hydrogen-bond donors (Lipinski definition) is 1. The maximum absolute atomic E-state index is 9.00. The summed E-state index contributed by atoms with van der Waals surface area (Å²) in [5.74, 6) is 0.826. The Hall–Kier alpha value is -1.05. The van der Waals surface area contributed by atoms with Crippen LogP contribution in [0.2, 0.25) is 0 Å². The van der Waals surface area contributed by atoms with E-state index in [1.807, 2.05) is 26.0 Å². The standard InChI is InChI=1S/C14H19BrN2O/c1-4-13(8-16)18-14-10(3)6-12(15)7-11(14)9-17-5-2/h6-7,13,17H,4-5,9H2,1-3H3. The van der Waals surface area contributed by atoms with Crippen molar-refractivity contribution in [2.24, 2.45) is 0 Å². The van der Waals surface area contributed by atoms with E-state index < -0.39 is 0 Å². The van der Waals surface area contributed by atoms with Crippen LogP contribution in [-0.4, -0.2) is 12.6 Å². The largest absolute Gasteiger partial charge is 0.475 e. The third-order valence-corrected chi connectivity index (χ3v) is 3.11. The molecule has 4 heteroatoms. The van der Waals surface area contributed by atoms with Gasteiger partial charge in [0.25, 0.3) is 0 Å². The number of nitriles is 1. The van der Waals surface area contributed by atoms with Crippen LogP contribution in [0.25, 0.3) is 0 Å². The van der Waals surface area contributed by atoms with Crippen LogP contribution in [0.5, 0.6) is 5.75 Å². The van der Waals surface area contributed by atoms with Gasteiger partial charge in [-0.3, -0.25) is 0 Å². The topological polar surface area (TPSA) is 45.0 Å². The van der Waals surface area contributed by atoms with E-state index in [-0.39, 0.29) is 6.10 Å². The number of ether oxygens (including phenoxy) is 1. The van der Waals surface area contributed by atoms with Crippen LogP contribution in [0.15, 0.2) is 16.6 Å². The molecule has 0 aliphatic carbocycles. The lowest BCUT2D eigenvalue weighted by Crippen LogP contribution is -2.17. The molecule has 0 fully saturated rings. The Bertz CT molecular complexity index is 440. The Balaban J connectivity index is 3.03. The van der Waals surface area contributed by atoms with Gasteiger partial charge in [0.05, 0.1) is 0 Å². The summed E-state index contributed by atoms with van der Waals surface area (Å²) >= 11 is 3.49. The third-order valence-electron chi connectivity index (χ3n) is 2.66. The SMILES string of the molecule is CCNCc1cc(Br)cc(C)c1OC(C#N)CC. The zero-order valence-corrected chi connectivity index (χ0v) is 12.7. The fourth-order valence-electron chi connectivity index (χ4n) is 1.70. The molecule has 98 valence electrons. The number of rotatable bonds is 6. The van der Waals surface area contributed by atoms with E-state index in [2.05, 4.69) is 34.2 Å². The maximum Gasteiger partial charge on any atom is 0.184 e. The van der Waals surface area contributed by atoms with E-state index in [1.54, 1.807) is 0 Å². The first-order valence-electron chi connectivity index (χ1n) is 6.18. The predicted molar refractivity (Wildman–Crippen MR) is 76.6 cm³/mol. The molecule has 1 aromatic rings. The molecule has 0 heterocycles. The molecule has 0 bridgehead atoms. The summed E-state index contributed by atoms with van der Waals surface area (Å²) in [6, 6.07) is 6.22. The second-order valence-electron chi connectivity index (χ2n) is 4.14. The molecular formula is C14H19BrN2O. The lowest BCUT2D eigenvalue weighted by molar-refractivity contribution is 0.247. The van der Waals surface area contributed by atoms with E-state index in [1.165, 1.54) is 0 Å². The van der Waals surface area contributed by atoms with Crippen molar-refractivity contribution in [1.29, 1.82) is 5.26 Å². The number of nitrogens with one attached hydrogen (secondary N) is 1. The van der Waals surface area contributed by atoms with Gasteiger partial charge in [-0.15, -0.1) is 0 Å². The molecule has 3 nitrogen and oxygen atoms in total. The van der Waals surface area contributed by atoms with Crippen molar-refractivity contribution in [3.8, 4) is 11.8 Å². The zero-order chi connectivity index (χ0) is 13.5. The minimum atomic E-state index is -0.384. The van der Waals surface area contributed by atoms with Gasteiger partial charge in [-0.05, 0) is 37.6 Å². The number of benzene rings is 1. The Morgan fingerprint density at radius 3 is 2.72 bits per heavy atom. The van der Waals surface area contributed by atoms with E-state index in [9.17, 15) is 0 Å². The summed E-state index contributed by atoms with van der Waals surface area (Å²) in [5, 5.41) is 12.3. The highest BCUT2D eigenvalue weighted by atomic mass is 79.9. The second-order valence-corrected chi connectivity index (χ2v) is 5.05. The molecule has 0 radical (unpaired) electrons.